The number of aliphatic hydroxyl groups is 12. The summed E-state index contributed by atoms with van der Waals surface area (Å²) in [4.78, 5) is 126. The van der Waals surface area contributed by atoms with Gasteiger partial charge >= 0.3 is 0 Å². The number of aromatic hydroxyl groups is 3. The van der Waals surface area contributed by atoms with Crippen molar-refractivity contribution in [3.05, 3.63) is 136 Å². The average molecular weight is 1710 g/mol. The first-order valence-corrected chi connectivity index (χ1v) is 36.8. The monoisotopic (exact) mass is 1710 g/mol. The third-order valence-corrected chi connectivity index (χ3v) is 23.2. The Morgan fingerprint density at radius 3 is 1.03 bits per heavy atom. The number of terminal acetylenes is 1. The molecule has 3 amide bonds. The van der Waals surface area contributed by atoms with E-state index in [9.17, 15) is 120 Å². The number of likely N-dealkylation sites (N-methyl/N-ethyl adjacent to an activating group) is 3. The predicted molar refractivity (Wildman–Crippen MR) is 430 cm³/mol. The van der Waals surface area contributed by atoms with Crippen LogP contribution in [0.5, 0.6) is 17.2 Å². The lowest BCUT2D eigenvalue weighted by Crippen LogP contribution is -2.70. The first-order valence-electron chi connectivity index (χ1n) is 35.8. The normalized spacial score (nSPS) is 28.2. The fourth-order valence-electron chi connectivity index (χ4n) is 17.6. The molecule has 0 aromatic heterocycles. The van der Waals surface area contributed by atoms with Crippen LogP contribution in [0.4, 0.5) is 17.1 Å². The van der Waals surface area contributed by atoms with Crippen LogP contribution in [0.25, 0.3) is 23.4 Å². The number of ketones is 6. The molecule has 12 rings (SSSR count). The number of rotatable bonds is 10. The van der Waals surface area contributed by atoms with Gasteiger partial charge in [-0.2, -0.15) is 0 Å². The number of primary amides is 3. The minimum absolute atomic E-state index is 0.00625. The van der Waals surface area contributed by atoms with Gasteiger partial charge in [-0.15, -0.1) is 24.8 Å². The number of phenolic OH excluding ortho intramolecular Hbond substituents is 3. The smallest absolute Gasteiger partial charge is 0.255 e. The van der Waals surface area contributed by atoms with Crippen molar-refractivity contribution in [2.75, 3.05) is 99.3 Å². The van der Waals surface area contributed by atoms with E-state index in [4.69, 9.17) is 17.2 Å². The number of halogens is 1. The van der Waals surface area contributed by atoms with Crippen molar-refractivity contribution in [3.8, 4) is 41.4 Å². The van der Waals surface area contributed by atoms with Crippen molar-refractivity contribution in [2.24, 2.45) is 52.7 Å². The SMILES string of the molecule is C#CC.C/C=C/c1cc(N(C)C)c2c(c1O)C(O)=C1C(=O)[C@]3(O)C(O)=C(C(N)=O)C(=O)C(N(C)C)C3C(O)C1C2.C=CC.CC#Cc1cc(N(C)C)c2c(c1O)C(O)=C1C(=O)[C@]3(O)C(O)=C(C(N)=O)C(=O)C(N(C)C)C3C(O)C1C2.CN(C)c1cc(I)c(O)c2c1CC1C(=C2O)C(=O)[C@]2(O)C(O)=C(C(N)=O)C(=O)C(N(C)C)C2C1O. The largest absolute Gasteiger partial charge is 0.508 e. The molecule has 616 valence electrons. The molecule has 33 nitrogen and oxygen atoms in total. The van der Waals surface area contributed by atoms with E-state index in [1.165, 1.54) is 57.0 Å². The lowest BCUT2D eigenvalue weighted by Gasteiger charge is -2.52. The van der Waals surface area contributed by atoms with Crippen LogP contribution in [-0.4, -0.2) is 282 Å². The Balaban J connectivity index is 0.000000208. The highest BCUT2D eigenvalue weighted by Gasteiger charge is 2.71. The van der Waals surface area contributed by atoms with E-state index in [1.807, 2.05) is 29.5 Å². The Hall–Kier alpha value is -10.9. The van der Waals surface area contributed by atoms with Gasteiger partial charge in [-0.1, -0.05) is 24.1 Å². The second kappa shape index (κ2) is 32.8. The Morgan fingerprint density at radius 1 is 0.496 bits per heavy atom. The molecule has 0 saturated heterocycles. The van der Waals surface area contributed by atoms with Gasteiger partial charge in [-0.3, -0.25) is 57.9 Å². The van der Waals surface area contributed by atoms with E-state index in [2.05, 4.69) is 30.8 Å². The minimum Gasteiger partial charge on any atom is -0.508 e. The third-order valence-electron chi connectivity index (χ3n) is 22.4. The van der Waals surface area contributed by atoms with Gasteiger partial charge in [0.25, 0.3) is 17.7 Å². The van der Waals surface area contributed by atoms with E-state index in [-0.39, 0.29) is 53.0 Å². The molecule has 3 aromatic rings. The molecule has 0 aliphatic heterocycles. The maximum absolute atomic E-state index is 13.9. The number of aliphatic hydroxyl groups excluding tert-OH is 9. The number of carbonyl (C=O) groups excluding carboxylic acids is 9. The summed E-state index contributed by atoms with van der Waals surface area (Å²) in [5.74, 6) is -17.5. The molecule has 9 aliphatic carbocycles. The molecular formula is C81H96IN9O24. The number of amides is 3. The van der Waals surface area contributed by atoms with E-state index >= 15 is 0 Å². The fourth-order valence-corrected chi connectivity index (χ4v) is 18.2. The number of anilines is 3. The maximum atomic E-state index is 13.9. The minimum atomic E-state index is -2.94. The van der Waals surface area contributed by atoms with Crippen LogP contribution in [0, 0.1) is 63.3 Å². The van der Waals surface area contributed by atoms with Gasteiger partial charge < -0.3 is 108 Å². The zero-order valence-corrected chi connectivity index (χ0v) is 68.1. The van der Waals surface area contributed by atoms with Crippen LogP contribution >= 0.6 is 22.6 Å². The summed E-state index contributed by atoms with van der Waals surface area (Å²) >= 11 is 1.88. The van der Waals surface area contributed by atoms with Crippen LogP contribution in [0.3, 0.4) is 0 Å². The number of fused-ring (bicyclic) bond motifs is 9. The van der Waals surface area contributed by atoms with Crippen LogP contribution in [0.2, 0.25) is 0 Å². The number of nitrogens with zero attached hydrogens (tertiary/aromatic N) is 6. The van der Waals surface area contributed by atoms with Gasteiger partial charge in [0.1, 0.15) is 68.5 Å². The number of Topliss-reactive ketones (excluding diaryl/α,β-unsaturated/α-hetero) is 6. The Labute approximate surface area is 675 Å². The number of hydrogen-bond donors (Lipinski definition) is 18. The van der Waals surface area contributed by atoms with Gasteiger partial charge in [-0.05, 0) is 147 Å². The highest BCUT2D eigenvalue weighted by Crippen LogP contribution is 2.59. The van der Waals surface area contributed by atoms with Crippen LogP contribution in [0.1, 0.15) is 72.2 Å². The molecule has 15 atom stereocenters. The van der Waals surface area contributed by atoms with Crippen LogP contribution in [0.15, 0.2) is 87.6 Å². The molecule has 0 heterocycles. The zero-order chi connectivity index (χ0) is 87.2. The number of phenols is 3. The quantitative estimate of drug-likeness (QED) is 0.0579. The third kappa shape index (κ3) is 13.7. The Morgan fingerprint density at radius 2 is 0.765 bits per heavy atom. The predicted octanol–water partition coefficient (Wildman–Crippen LogP) is 0.843. The van der Waals surface area contributed by atoms with Gasteiger partial charge in [0, 0.05) is 99.4 Å². The highest BCUT2D eigenvalue weighted by molar-refractivity contribution is 14.1. The van der Waals surface area contributed by atoms with Crippen molar-refractivity contribution >= 4 is 115 Å². The van der Waals surface area contributed by atoms with Crippen molar-refractivity contribution in [1.82, 2.24) is 14.7 Å². The second-order valence-electron chi connectivity index (χ2n) is 30.3. The molecule has 0 bridgehead atoms. The van der Waals surface area contributed by atoms with E-state index in [0.29, 0.717) is 42.9 Å². The summed E-state index contributed by atoms with van der Waals surface area (Å²) in [6.45, 7) is 10.2. The summed E-state index contributed by atoms with van der Waals surface area (Å²) in [7, 11) is 19.3. The van der Waals surface area contributed by atoms with Crippen molar-refractivity contribution in [1.29, 1.82) is 0 Å². The fraction of sp³-hybridized carbons (Fsp3) is 0.420. The number of allylic oxidation sites excluding steroid dienone is 2. The Kier molecular flexibility index (Phi) is 25.5. The summed E-state index contributed by atoms with van der Waals surface area (Å²) in [5.41, 5.74) is 6.62. The first kappa shape index (κ1) is 89.6. The van der Waals surface area contributed by atoms with Crippen molar-refractivity contribution < 1.29 is 120 Å². The molecule has 0 radical (unpaired) electrons. The first-order chi connectivity index (χ1) is 53.4. The molecule has 34 heteroatoms. The lowest BCUT2D eigenvalue weighted by atomic mass is 9.56. The van der Waals surface area contributed by atoms with Crippen molar-refractivity contribution in [2.45, 2.75) is 100 Å². The highest BCUT2D eigenvalue weighted by atomic mass is 127. The number of nitrogens with two attached hydrogens (primary N) is 3. The molecule has 12 unspecified atom stereocenters. The van der Waals surface area contributed by atoms with E-state index in [1.54, 1.807) is 114 Å². The number of hydrogen-bond acceptors (Lipinski definition) is 30. The number of benzene rings is 3. The van der Waals surface area contributed by atoms with E-state index in [0.717, 1.165) is 0 Å². The summed E-state index contributed by atoms with van der Waals surface area (Å²) in [6, 6.07) is 0.876. The molecular weight excluding hydrogens is 1610 g/mol. The molecule has 3 aromatic carbocycles. The van der Waals surface area contributed by atoms with Crippen molar-refractivity contribution in [3.63, 3.8) is 0 Å². The van der Waals surface area contributed by atoms with Crippen LogP contribution < -0.4 is 31.9 Å². The van der Waals surface area contributed by atoms with Gasteiger partial charge in [0.05, 0.1) is 80.0 Å². The summed E-state index contributed by atoms with van der Waals surface area (Å²) in [6.07, 6.45) is 4.73. The van der Waals surface area contributed by atoms with Gasteiger partial charge in [-0.25, -0.2) is 0 Å². The summed E-state index contributed by atoms with van der Waals surface area (Å²) in [5, 5.41) is 169. The average Bonchev–Trinajstić information content (AvgIpc) is 0.700. The molecule has 115 heavy (non-hydrogen) atoms. The summed E-state index contributed by atoms with van der Waals surface area (Å²) < 4.78 is 0.394. The molecule has 21 N–H and O–H groups in total. The lowest BCUT2D eigenvalue weighted by molar-refractivity contribution is -0.169. The topological polar surface area (TPSA) is 555 Å². The molecule has 3 fully saturated rings. The number of carbonyl (C=O) groups is 9. The zero-order valence-electron chi connectivity index (χ0n) is 66.0. The standard InChI is InChI=1S/C26H31N3O8.C26H29N3O8.C23H26IN3O8.C3H6.C3H4/c2*1-6-7-10-8-13(28(2)3)11-9-12-15(21(32)14(11)19(10)30)23(34)26(37)17(20(12)31)18(29(4)5)22(33)16(24(26)35)25(27)36;1-26(2)10-6-9(24)17(29)11-7(10)5-8-12(18(11)30)20(32)23(35)14(16(8)28)15(27(3)4)19(31)13(21(23)33)22(25)34;2*1-3-2/h6-8,12,17-18,20,30-32,35,37H,9H2,1-5H3,(H2,27,36);8,12,17-18,20,30-32,35,37H,9H2,1-5H3,(H2,27,36);6,8,14-16,28-30,33,35H,5H2,1-4H3,(H2,25,34);3H,1H2,2H3;1H,2H3/b7-6+;;;;/t2*12?,17?,18?,20?,26-;8?,14?,15?,16?,23-;;/m000../s1. The second-order valence-corrected chi connectivity index (χ2v) is 31.5. The van der Waals surface area contributed by atoms with Gasteiger partial charge in [0.15, 0.2) is 34.2 Å². The Bertz CT molecular complexity index is 5080. The molecule has 3 saturated carbocycles. The van der Waals surface area contributed by atoms with Crippen LogP contribution in [-0.2, 0) is 62.4 Å². The molecule has 0 spiro atoms. The van der Waals surface area contributed by atoms with Gasteiger partial charge in [0.2, 0.25) is 17.3 Å². The maximum Gasteiger partial charge on any atom is 0.255 e. The van der Waals surface area contributed by atoms with E-state index < -0.39 is 215 Å². The molecule has 9 aliphatic rings.